The molecule has 1 N–H and O–H groups in total. The quantitative estimate of drug-likeness (QED) is 0.351. The minimum absolute atomic E-state index is 0.0703. The highest BCUT2D eigenvalue weighted by Gasteiger charge is 2.47. The van der Waals surface area contributed by atoms with E-state index in [9.17, 15) is 14.7 Å². The number of rotatable bonds is 12. The van der Waals surface area contributed by atoms with Gasteiger partial charge in [0.2, 0.25) is 18.4 Å². The number of anilines is 1. The Hall–Kier alpha value is -4.25. The number of amides is 1. The van der Waals surface area contributed by atoms with Crippen molar-refractivity contribution in [3.8, 4) is 17.2 Å². The number of carbonyl (C=O) groups excluding carboxylic acids is 1. The lowest BCUT2D eigenvalue weighted by Gasteiger charge is -2.29. The van der Waals surface area contributed by atoms with E-state index in [1.165, 1.54) is 0 Å². The molecule has 1 aromatic carbocycles. The maximum atomic E-state index is 13.8. The molecular formula is C30H35N5O6. The van der Waals surface area contributed by atoms with Crippen LogP contribution in [0.4, 0.5) is 5.69 Å². The van der Waals surface area contributed by atoms with Gasteiger partial charge in [-0.2, -0.15) is 0 Å². The number of benzene rings is 1. The number of aryl methyl sites for hydroxylation is 1. The number of aliphatic carboxylic acids is 1. The van der Waals surface area contributed by atoms with Gasteiger partial charge in [-0.1, -0.05) is 13.3 Å². The fourth-order valence-electron chi connectivity index (χ4n) is 5.78. The summed E-state index contributed by atoms with van der Waals surface area (Å²) in [5.41, 5.74) is 1.50. The topological polar surface area (TPSA) is 127 Å². The van der Waals surface area contributed by atoms with Crippen LogP contribution in [0.25, 0.3) is 0 Å². The van der Waals surface area contributed by atoms with Gasteiger partial charge in [0.05, 0.1) is 31.5 Å². The Labute approximate surface area is 239 Å². The van der Waals surface area contributed by atoms with Crippen LogP contribution >= 0.6 is 0 Å². The fraction of sp³-hybridized carbons (Fsp3) is 0.433. The second kappa shape index (κ2) is 12.9. The van der Waals surface area contributed by atoms with E-state index in [0.717, 1.165) is 24.1 Å². The Bertz CT molecular complexity index is 1340. The third kappa shape index (κ3) is 6.25. The highest BCUT2D eigenvalue weighted by molar-refractivity contribution is 5.94. The minimum Gasteiger partial charge on any atom is -0.493 e. The number of unbranched alkanes of at least 4 members (excludes halogenated alkanes) is 1. The number of pyridine rings is 1. The van der Waals surface area contributed by atoms with E-state index in [0.29, 0.717) is 49.0 Å². The molecule has 11 nitrogen and oxygen atoms in total. The van der Waals surface area contributed by atoms with E-state index in [-0.39, 0.29) is 19.2 Å². The first-order valence-electron chi connectivity index (χ1n) is 13.9. The van der Waals surface area contributed by atoms with Crippen molar-refractivity contribution in [1.29, 1.82) is 0 Å². The zero-order valence-corrected chi connectivity index (χ0v) is 23.3. The summed E-state index contributed by atoms with van der Waals surface area (Å²) in [4.78, 5) is 43.3. The summed E-state index contributed by atoms with van der Waals surface area (Å²) < 4.78 is 16.7. The largest absolute Gasteiger partial charge is 0.493 e. The van der Waals surface area contributed by atoms with E-state index in [1.54, 1.807) is 42.9 Å². The van der Waals surface area contributed by atoms with Crippen molar-refractivity contribution in [1.82, 2.24) is 19.9 Å². The molecule has 2 aliphatic heterocycles. The average molecular weight is 562 g/mol. The third-order valence-corrected chi connectivity index (χ3v) is 7.76. The summed E-state index contributed by atoms with van der Waals surface area (Å²) in [6.45, 7) is 3.16. The smallest absolute Gasteiger partial charge is 0.308 e. The molecule has 1 fully saturated rings. The van der Waals surface area contributed by atoms with Gasteiger partial charge in [-0.05, 0) is 48.7 Å². The van der Waals surface area contributed by atoms with E-state index in [4.69, 9.17) is 14.2 Å². The molecule has 3 atom stereocenters. The van der Waals surface area contributed by atoms with Gasteiger partial charge < -0.3 is 24.2 Å². The van der Waals surface area contributed by atoms with Crippen LogP contribution in [0.1, 0.15) is 43.5 Å². The maximum absolute atomic E-state index is 13.8. The molecule has 2 aromatic heterocycles. The average Bonchev–Trinajstić information content (AvgIpc) is 3.61. The number of hydrogen-bond donors (Lipinski definition) is 1. The summed E-state index contributed by atoms with van der Waals surface area (Å²) >= 11 is 0. The Morgan fingerprint density at radius 1 is 1.17 bits per heavy atom. The van der Waals surface area contributed by atoms with Crippen LogP contribution in [-0.4, -0.2) is 76.4 Å². The number of carboxylic acid groups (broad SMARTS) is 1. The van der Waals surface area contributed by atoms with Gasteiger partial charge in [-0.3, -0.25) is 19.5 Å². The normalized spacial score (nSPS) is 19.7. The van der Waals surface area contributed by atoms with E-state index in [1.807, 2.05) is 29.2 Å². The summed E-state index contributed by atoms with van der Waals surface area (Å²) in [6.07, 6.45) is 9.45. The summed E-state index contributed by atoms with van der Waals surface area (Å²) in [6, 6.07) is 8.65. The monoisotopic (exact) mass is 561 g/mol. The predicted octanol–water partition coefficient (Wildman–Crippen LogP) is 3.54. The molecule has 11 heteroatoms. The van der Waals surface area contributed by atoms with Gasteiger partial charge in [0.15, 0.2) is 11.5 Å². The Balaban J connectivity index is 1.47. The lowest BCUT2D eigenvalue weighted by Crippen LogP contribution is -2.44. The number of aromatic nitrogens is 3. The van der Waals surface area contributed by atoms with Gasteiger partial charge in [0.25, 0.3) is 0 Å². The van der Waals surface area contributed by atoms with Crippen molar-refractivity contribution >= 4 is 17.6 Å². The second-order valence-electron chi connectivity index (χ2n) is 10.2. The molecule has 41 heavy (non-hydrogen) atoms. The Morgan fingerprint density at radius 3 is 2.71 bits per heavy atom. The highest BCUT2D eigenvalue weighted by Crippen LogP contribution is 2.47. The molecule has 5 rings (SSSR count). The van der Waals surface area contributed by atoms with Crippen molar-refractivity contribution in [3.63, 3.8) is 0 Å². The van der Waals surface area contributed by atoms with Crippen molar-refractivity contribution in [2.24, 2.45) is 5.92 Å². The lowest BCUT2D eigenvalue weighted by molar-refractivity contribution is -0.143. The van der Waals surface area contributed by atoms with Gasteiger partial charge >= 0.3 is 5.97 Å². The van der Waals surface area contributed by atoms with Gasteiger partial charge in [-0.15, -0.1) is 0 Å². The van der Waals surface area contributed by atoms with E-state index < -0.39 is 23.8 Å². The molecule has 3 aromatic rings. The molecule has 0 radical (unpaired) electrons. The third-order valence-electron chi connectivity index (χ3n) is 7.76. The van der Waals surface area contributed by atoms with Crippen LogP contribution in [0.3, 0.4) is 0 Å². The van der Waals surface area contributed by atoms with Crippen LogP contribution in [0.2, 0.25) is 0 Å². The second-order valence-corrected chi connectivity index (χ2v) is 10.2. The Morgan fingerprint density at radius 2 is 2.00 bits per heavy atom. The van der Waals surface area contributed by atoms with Crippen LogP contribution in [0.5, 0.6) is 17.2 Å². The zero-order chi connectivity index (χ0) is 28.8. The van der Waals surface area contributed by atoms with Crippen LogP contribution in [0.15, 0.2) is 55.1 Å². The van der Waals surface area contributed by atoms with Gasteiger partial charge in [0, 0.05) is 50.1 Å². The van der Waals surface area contributed by atoms with E-state index in [2.05, 4.69) is 21.9 Å². The number of carbonyl (C=O) groups is 2. The van der Waals surface area contributed by atoms with Crippen molar-refractivity contribution in [3.05, 3.63) is 66.5 Å². The zero-order valence-electron chi connectivity index (χ0n) is 23.3. The van der Waals surface area contributed by atoms with Gasteiger partial charge in [-0.25, -0.2) is 9.97 Å². The predicted molar refractivity (Wildman–Crippen MR) is 150 cm³/mol. The number of ether oxygens (including phenoxy) is 3. The number of hydrogen-bond acceptors (Lipinski definition) is 9. The molecule has 0 spiro atoms. The molecule has 0 unspecified atom stereocenters. The number of likely N-dealkylation sites (tertiary alicyclic amines) is 1. The summed E-state index contributed by atoms with van der Waals surface area (Å²) in [5, 5.41) is 10.5. The maximum Gasteiger partial charge on any atom is 0.308 e. The number of carboxylic acids is 1. The lowest BCUT2D eigenvalue weighted by atomic mass is 9.83. The first kappa shape index (κ1) is 28.3. The van der Waals surface area contributed by atoms with Crippen LogP contribution < -0.4 is 19.1 Å². The molecule has 0 saturated carbocycles. The fourth-order valence-corrected chi connectivity index (χ4v) is 5.78. The molecule has 2 aliphatic rings. The van der Waals surface area contributed by atoms with Crippen molar-refractivity contribution < 1.29 is 28.9 Å². The summed E-state index contributed by atoms with van der Waals surface area (Å²) in [7, 11) is 1.54. The number of methoxy groups -OCH3 is 1. The van der Waals surface area contributed by atoms with Crippen molar-refractivity contribution in [2.45, 2.75) is 44.6 Å². The molecular weight excluding hydrogens is 526 g/mol. The molecule has 1 amide bonds. The SMILES string of the molecule is CCCCN(C(=O)CN1C[C@H](c2cc(OC)c3c(c2)OCO3)[C@@H](C(=O)O)[C@@H]1CCc1ncccn1)c1cccnc1. The van der Waals surface area contributed by atoms with Crippen LogP contribution in [0, 0.1) is 5.92 Å². The first-order chi connectivity index (χ1) is 20.0. The standard InChI is InChI=1S/C30H35N5O6/c1-3-4-13-35(21-7-5-10-31-16-21)27(36)18-34-17-22(20-14-24(39-2)29-25(15-20)40-19-41-29)28(30(37)38)23(34)8-9-26-32-11-6-12-33-26/h5-7,10-12,14-16,22-23,28H,3-4,8-9,13,17-19H2,1-2H3,(H,37,38)/t22-,23+,28-/m1/s1. The Kier molecular flexibility index (Phi) is 8.93. The molecule has 0 aliphatic carbocycles. The minimum atomic E-state index is -0.921. The van der Waals surface area contributed by atoms with Gasteiger partial charge in [0.1, 0.15) is 5.82 Å². The highest BCUT2D eigenvalue weighted by atomic mass is 16.7. The van der Waals surface area contributed by atoms with E-state index >= 15 is 0 Å². The molecule has 0 bridgehead atoms. The number of fused-ring (bicyclic) bond motifs is 1. The molecule has 4 heterocycles. The molecule has 216 valence electrons. The van der Waals surface area contributed by atoms with Crippen molar-refractivity contribution in [2.75, 3.05) is 38.4 Å². The first-order valence-corrected chi connectivity index (χ1v) is 13.9. The number of nitrogens with zero attached hydrogens (tertiary/aromatic N) is 5. The molecule has 1 saturated heterocycles. The summed E-state index contributed by atoms with van der Waals surface area (Å²) in [5.74, 6) is -0.0483. The van der Waals surface area contributed by atoms with Crippen LogP contribution in [-0.2, 0) is 16.0 Å².